The first-order valence-corrected chi connectivity index (χ1v) is 16.1. The molecule has 0 unspecified atom stereocenters. The molecular formula is C36H47N3O4. The molecule has 7 atom stereocenters. The fraction of sp³-hybridized carbons (Fsp3) is 0.694. The third-order valence-corrected chi connectivity index (χ3v) is 13.4. The van der Waals surface area contributed by atoms with Crippen LogP contribution in [0.5, 0.6) is 0 Å². The summed E-state index contributed by atoms with van der Waals surface area (Å²) in [7, 11) is 0. The molecule has 0 amide bonds. The summed E-state index contributed by atoms with van der Waals surface area (Å²) in [6.45, 7) is 16.1. The topological polar surface area (TPSA) is 102 Å². The number of nitrogens with zero attached hydrogens (tertiary/aromatic N) is 3. The zero-order valence-corrected chi connectivity index (χ0v) is 27.0. The van der Waals surface area contributed by atoms with Crippen molar-refractivity contribution in [2.24, 2.45) is 50.2 Å². The lowest BCUT2D eigenvalue weighted by molar-refractivity contribution is -0.193. The SMILES string of the molecule is CC1(C)CC[C@]2(C(=O)OCCn3ccnc3)CC[C@]3(C)[C@H](C(=O)C=C4[C@@]5(C)C=C(C#N)C(=O)C(C)(C)[C@@H]5CC[C@]43C)[C@@H]2C1. The monoisotopic (exact) mass is 585 g/mol. The lowest BCUT2D eigenvalue weighted by Gasteiger charge is -2.68. The van der Waals surface area contributed by atoms with Crippen LogP contribution < -0.4 is 0 Å². The largest absolute Gasteiger partial charge is 0.463 e. The summed E-state index contributed by atoms with van der Waals surface area (Å²) in [5, 5.41) is 9.95. The number of carbonyl (C=O) groups is 3. The van der Waals surface area contributed by atoms with Gasteiger partial charge in [0.05, 0.1) is 23.9 Å². The van der Waals surface area contributed by atoms with Gasteiger partial charge in [-0.2, -0.15) is 5.26 Å². The predicted molar refractivity (Wildman–Crippen MR) is 162 cm³/mol. The highest BCUT2D eigenvalue weighted by Gasteiger charge is 2.71. The number of Topliss-reactive ketones (excluding diaryl/α,β-unsaturated/α-hetero) is 1. The number of rotatable bonds is 4. The van der Waals surface area contributed by atoms with E-state index in [1.165, 1.54) is 0 Å². The van der Waals surface area contributed by atoms with Crippen LogP contribution in [-0.4, -0.2) is 33.7 Å². The van der Waals surface area contributed by atoms with E-state index in [0.29, 0.717) is 13.0 Å². The van der Waals surface area contributed by atoms with E-state index in [1.807, 2.05) is 36.8 Å². The van der Waals surface area contributed by atoms with Crippen LogP contribution >= 0.6 is 0 Å². The van der Waals surface area contributed by atoms with Gasteiger partial charge in [-0.1, -0.05) is 60.1 Å². The van der Waals surface area contributed by atoms with Gasteiger partial charge in [0.15, 0.2) is 11.6 Å². The molecule has 6 rings (SSSR count). The van der Waals surface area contributed by atoms with Gasteiger partial charge in [0.2, 0.25) is 0 Å². The van der Waals surface area contributed by atoms with Crippen LogP contribution in [0.3, 0.4) is 0 Å². The summed E-state index contributed by atoms with van der Waals surface area (Å²) in [6, 6.07) is 2.18. The zero-order valence-electron chi connectivity index (χ0n) is 27.0. The third-order valence-electron chi connectivity index (χ3n) is 13.4. The Hall–Kier alpha value is -3.01. The van der Waals surface area contributed by atoms with E-state index >= 15 is 0 Å². The molecule has 1 aromatic heterocycles. The maximum Gasteiger partial charge on any atom is 0.312 e. The molecule has 7 nitrogen and oxygen atoms in total. The van der Waals surface area contributed by atoms with Gasteiger partial charge in [-0.15, -0.1) is 0 Å². The zero-order chi connectivity index (χ0) is 31.2. The maximum atomic E-state index is 14.6. The average molecular weight is 586 g/mol. The highest BCUT2D eigenvalue weighted by Crippen LogP contribution is 2.74. The molecule has 230 valence electrons. The molecule has 0 saturated heterocycles. The molecule has 1 aromatic rings. The van der Waals surface area contributed by atoms with E-state index in [4.69, 9.17) is 4.74 Å². The van der Waals surface area contributed by atoms with Crippen molar-refractivity contribution in [3.8, 4) is 6.07 Å². The minimum Gasteiger partial charge on any atom is -0.463 e. The minimum atomic E-state index is -0.687. The van der Waals surface area contributed by atoms with E-state index in [0.717, 1.165) is 44.1 Å². The predicted octanol–water partition coefficient (Wildman–Crippen LogP) is 6.65. The Morgan fingerprint density at radius 3 is 2.47 bits per heavy atom. The minimum absolute atomic E-state index is 0.0126. The number of fused-ring (bicyclic) bond motifs is 7. The number of imidazole rings is 1. The number of aromatic nitrogens is 2. The van der Waals surface area contributed by atoms with Crippen molar-refractivity contribution in [1.82, 2.24) is 9.55 Å². The molecule has 7 heteroatoms. The Morgan fingerprint density at radius 2 is 1.79 bits per heavy atom. The van der Waals surface area contributed by atoms with Crippen LogP contribution in [0.4, 0.5) is 0 Å². The first-order valence-electron chi connectivity index (χ1n) is 16.1. The molecule has 43 heavy (non-hydrogen) atoms. The Balaban J connectivity index is 1.42. The van der Waals surface area contributed by atoms with E-state index in [9.17, 15) is 19.6 Å². The second-order valence-corrected chi connectivity index (χ2v) is 16.3. The Labute approximate surface area is 256 Å². The van der Waals surface area contributed by atoms with Crippen molar-refractivity contribution in [2.75, 3.05) is 6.61 Å². The second-order valence-electron chi connectivity index (χ2n) is 16.3. The molecule has 0 aromatic carbocycles. The number of nitriles is 1. The van der Waals surface area contributed by atoms with Crippen molar-refractivity contribution in [2.45, 2.75) is 100.0 Å². The standard InChI is InChI=1S/C36H47N3O4/c1-31(2)10-12-36(30(42)43-17-16-39-15-14-38-22-39)13-11-35(7)28(24(36)20-31)25(40)18-27-33(5)19-23(21-37)29(41)32(3,4)26(33)8-9-34(27,35)6/h14-15,18-19,22,24,26,28H,8-13,16-17,20H2,1-7H3/t24-,26-,28-,33-,34+,35+,36-/m0/s1. The third kappa shape index (κ3) is 4.03. The molecular weight excluding hydrogens is 538 g/mol. The summed E-state index contributed by atoms with van der Waals surface area (Å²) in [4.78, 5) is 46.1. The molecule has 0 radical (unpaired) electrons. The molecule has 5 aliphatic rings. The van der Waals surface area contributed by atoms with E-state index in [-0.39, 0.29) is 63.7 Å². The number of ether oxygens (including phenoxy) is 1. The Bertz CT molecular complexity index is 1480. The van der Waals surface area contributed by atoms with E-state index in [1.54, 1.807) is 12.5 Å². The molecule has 5 aliphatic carbocycles. The summed E-state index contributed by atoms with van der Waals surface area (Å²) in [6.07, 6.45) is 14.8. The number of carbonyl (C=O) groups excluding carboxylic acids is 3. The summed E-state index contributed by atoms with van der Waals surface area (Å²) in [5.41, 5.74) is -1.26. The summed E-state index contributed by atoms with van der Waals surface area (Å²) >= 11 is 0. The van der Waals surface area contributed by atoms with Crippen LogP contribution in [0.1, 0.15) is 93.4 Å². The van der Waals surface area contributed by atoms with Crippen LogP contribution in [0.15, 0.2) is 42.0 Å². The van der Waals surface area contributed by atoms with Gasteiger partial charge in [-0.05, 0) is 79.1 Å². The summed E-state index contributed by atoms with van der Waals surface area (Å²) in [5.74, 6) is -0.499. The van der Waals surface area contributed by atoms with Crippen molar-refractivity contribution in [1.29, 1.82) is 5.26 Å². The highest BCUT2D eigenvalue weighted by molar-refractivity contribution is 6.04. The quantitative estimate of drug-likeness (QED) is 0.367. The first-order chi connectivity index (χ1) is 20.1. The van der Waals surface area contributed by atoms with Gasteiger partial charge in [0, 0.05) is 29.1 Å². The number of ketones is 2. The molecule has 0 N–H and O–H groups in total. The maximum absolute atomic E-state index is 14.6. The molecule has 0 spiro atoms. The van der Waals surface area contributed by atoms with Gasteiger partial charge < -0.3 is 9.30 Å². The van der Waals surface area contributed by atoms with Crippen molar-refractivity contribution < 1.29 is 19.1 Å². The molecule has 1 heterocycles. The van der Waals surface area contributed by atoms with E-state index < -0.39 is 16.2 Å². The number of allylic oxidation sites excluding steroid dienone is 4. The van der Waals surface area contributed by atoms with Gasteiger partial charge in [0.25, 0.3) is 0 Å². The summed E-state index contributed by atoms with van der Waals surface area (Å²) < 4.78 is 7.93. The van der Waals surface area contributed by atoms with Crippen molar-refractivity contribution >= 4 is 17.5 Å². The Morgan fingerprint density at radius 1 is 1.07 bits per heavy atom. The van der Waals surface area contributed by atoms with Gasteiger partial charge in [-0.25, -0.2) is 4.98 Å². The van der Waals surface area contributed by atoms with Gasteiger partial charge in [0.1, 0.15) is 12.7 Å². The molecule has 3 saturated carbocycles. The first kappa shape index (κ1) is 30.0. The van der Waals surface area contributed by atoms with Gasteiger partial charge >= 0.3 is 5.97 Å². The van der Waals surface area contributed by atoms with Crippen LogP contribution in [0, 0.1) is 61.6 Å². The number of hydrogen-bond donors (Lipinski definition) is 0. The second kappa shape index (κ2) is 9.49. The average Bonchev–Trinajstić information content (AvgIpc) is 3.45. The van der Waals surface area contributed by atoms with Crippen LogP contribution in [0.25, 0.3) is 0 Å². The fourth-order valence-electron chi connectivity index (χ4n) is 10.8. The molecule has 0 bridgehead atoms. The van der Waals surface area contributed by atoms with Crippen LogP contribution in [-0.2, 0) is 25.7 Å². The highest BCUT2D eigenvalue weighted by atomic mass is 16.5. The smallest absolute Gasteiger partial charge is 0.312 e. The van der Waals surface area contributed by atoms with Crippen molar-refractivity contribution in [3.05, 3.63) is 42.0 Å². The number of esters is 1. The normalized spacial score (nSPS) is 40.9. The fourth-order valence-corrected chi connectivity index (χ4v) is 10.8. The Kier molecular flexibility index (Phi) is 6.63. The number of hydrogen-bond acceptors (Lipinski definition) is 6. The molecule has 3 fully saturated rings. The van der Waals surface area contributed by atoms with E-state index in [2.05, 4.69) is 45.7 Å². The lowest BCUT2D eigenvalue weighted by Crippen LogP contribution is -2.66. The van der Waals surface area contributed by atoms with Gasteiger partial charge in [-0.3, -0.25) is 14.4 Å². The van der Waals surface area contributed by atoms with Crippen LogP contribution in [0.2, 0.25) is 0 Å². The molecule has 0 aliphatic heterocycles. The lowest BCUT2D eigenvalue weighted by atomic mass is 9.34. The van der Waals surface area contributed by atoms with Crippen molar-refractivity contribution in [3.63, 3.8) is 0 Å².